The third-order valence-corrected chi connectivity index (χ3v) is 4.82. The van der Waals surface area contributed by atoms with Crippen molar-refractivity contribution in [2.45, 2.75) is 31.3 Å². The van der Waals surface area contributed by atoms with Gasteiger partial charge in [0.1, 0.15) is 0 Å². The molecule has 0 amide bonds. The number of anilines is 2. The lowest BCUT2D eigenvalue weighted by Gasteiger charge is -2.10. The maximum atomic E-state index is 11.3. The van der Waals surface area contributed by atoms with Gasteiger partial charge in [-0.25, -0.2) is 8.42 Å². The molecular formula is C10H15N5O2S. The van der Waals surface area contributed by atoms with Crippen molar-refractivity contribution in [1.82, 2.24) is 15.2 Å². The van der Waals surface area contributed by atoms with Crippen molar-refractivity contribution in [3.05, 3.63) is 6.20 Å². The molecule has 2 heterocycles. The second kappa shape index (κ2) is 4.34. The van der Waals surface area contributed by atoms with Crippen LogP contribution in [0.4, 0.5) is 11.8 Å². The molecule has 2 fully saturated rings. The van der Waals surface area contributed by atoms with E-state index in [0.717, 1.165) is 12.8 Å². The quantitative estimate of drug-likeness (QED) is 0.796. The van der Waals surface area contributed by atoms with Crippen molar-refractivity contribution in [3.8, 4) is 0 Å². The van der Waals surface area contributed by atoms with E-state index in [0.29, 0.717) is 24.2 Å². The normalized spacial score (nSPS) is 25.9. The predicted octanol–water partition coefficient (Wildman–Crippen LogP) is 0.0449. The fourth-order valence-corrected chi connectivity index (χ4v) is 3.64. The lowest BCUT2D eigenvalue weighted by atomic mass is 10.3. The van der Waals surface area contributed by atoms with Crippen LogP contribution in [0.1, 0.15) is 19.3 Å². The van der Waals surface area contributed by atoms with Crippen LogP contribution in [0.25, 0.3) is 0 Å². The van der Waals surface area contributed by atoms with Crippen molar-refractivity contribution >= 4 is 21.6 Å². The lowest BCUT2D eigenvalue weighted by molar-refractivity contribution is 0.602. The van der Waals surface area contributed by atoms with Crippen LogP contribution in [-0.2, 0) is 9.84 Å². The second-order valence-electron chi connectivity index (χ2n) is 4.83. The van der Waals surface area contributed by atoms with Gasteiger partial charge >= 0.3 is 0 Å². The van der Waals surface area contributed by atoms with Gasteiger partial charge in [0.15, 0.2) is 15.7 Å². The van der Waals surface area contributed by atoms with E-state index in [-0.39, 0.29) is 17.5 Å². The fraction of sp³-hybridized carbons (Fsp3) is 0.700. The Bertz CT molecular complexity index is 543. The Morgan fingerprint density at radius 1 is 1.17 bits per heavy atom. The zero-order chi connectivity index (χ0) is 12.6. The molecule has 0 aromatic carbocycles. The van der Waals surface area contributed by atoms with E-state index in [1.165, 1.54) is 0 Å². The first-order valence-electron chi connectivity index (χ1n) is 6.04. The van der Waals surface area contributed by atoms with Crippen molar-refractivity contribution in [2.75, 3.05) is 22.1 Å². The summed E-state index contributed by atoms with van der Waals surface area (Å²) in [5, 5.41) is 14.0. The monoisotopic (exact) mass is 269 g/mol. The standard InChI is InChI=1S/C10H15N5O2S/c16-18(17)4-3-8(6-18)13-10-14-9(5-11-15-10)12-7-1-2-7/h5,7-8H,1-4,6H2,(H2,12,13,14,15). The van der Waals surface area contributed by atoms with Crippen LogP contribution in [0, 0.1) is 0 Å². The Hall–Kier alpha value is -1.44. The van der Waals surface area contributed by atoms with Crippen molar-refractivity contribution in [1.29, 1.82) is 0 Å². The Balaban J connectivity index is 1.65. The van der Waals surface area contributed by atoms with Crippen molar-refractivity contribution in [2.24, 2.45) is 0 Å². The van der Waals surface area contributed by atoms with E-state index in [1.807, 2.05) is 0 Å². The topological polar surface area (TPSA) is 96.9 Å². The first-order chi connectivity index (χ1) is 8.61. The average molecular weight is 269 g/mol. The van der Waals surface area contributed by atoms with Gasteiger partial charge in [0.05, 0.1) is 17.7 Å². The average Bonchev–Trinajstić information content (AvgIpc) is 3.04. The van der Waals surface area contributed by atoms with Crippen LogP contribution in [-0.4, -0.2) is 47.2 Å². The summed E-state index contributed by atoms with van der Waals surface area (Å²) in [5.74, 6) is 1.47. The third kappa shape index (κ3) is 2.87. The largest absolute Gasteiger partial charge is 0.366 e. The minimum Gasteiger partial charge on any atom is -0.366 e. The van der Waals surface area contributed by atoms with Gasteiger partial charge in [0.25, 0.3) is 0 Å². The molecule has 1 saturated carbocycles. The van der Waals surface area contributed by atoms with Gasteiger partial charge in [0, 0.05) is 12.1 Å². The number of rotatable bonds is 4. The van der Waals surface area contributed by atoms with Crippen LogP contribution in [0.5, 0.6) is 0 Å². The van der Waals surface area contributed by atoms with E-state index >= 15 is 0 Å². The van der Waals surface area contributed by atoms with Gasteiger partial charge in [0.2, 0.25) is 5.95 Å². The van der Waals surface area contributed by atoms with Gasteiger partial charge in [-0.1, -0.05) is 0 Å². The van der Waals surface area contributed by atoms with Gasteiger partial charge in [-0.05, 0) is 19.3 Å². The predicted molar refractivity (Wildman–Crippen MR) is 67.2 cm³/mol. The summed E-state index contributed by atoms with van der Waals surface area (Å²) in [7, 11) is -2.89. The molecule has 0 radical (unpaired) electrons. The fourth-order valence-electron chi connectivity index (χ4n) is 1.96. The van der Waals surface area contributed by atoms with Crippen LogP contribution in [0.15, 0.2) is 6.20 Å². The summed E-state index contributed by atoms with van der Waals surface area (Å²) in [4.78, 5) is 4.27. The van der Waals surface area contributed by atoms with E-state index < -0.39 is 9.84 Å². The van der Waals surface area contributed by atoms with Crippen molar-refractivity contribution in [3.63, 3.8) is 0 Å². The molecule has 7 nitrogen and oxygen atoms in total. The van der Waals surface area contributed by atoms with Crippen LogP contribution < -0.4 is 10.6 Å². The Labute approximate surface area is 105 Å². The lowest BCUT2D eigenvalue weighted by Crippen LogP contribution is -2.22. The molecule has 98 valence electrons. The summed E-state index contributed by atoms with van der Waals surface area (Å²) >= 11 is 0. The Morgan fingerprint density at radius 2 is 2.00 bits per heavy atom. The molecule has 1 saturated heterocycles. The summed E-state index contributed by atoms with van der Waals surface area (Å²) in [5.41, 5.74) is 0. The number of aromatic nitrogens is 3. The molecule has 1 unspecified atom stereocenters. The Kier molecular flexibility index (Phi) is 2.81. The van der Waals surface area contributed by atoms with Crippen LogP contribution in [0.3, 0.4) is 0 Å². The Morgan fingerprint density at radius 3 is 2.67 bits per heavy atom. The second-order valence-corrected chi connectivity index (χ2v) is 7.06. The molecule has 18 heavy (non-hydrogen) atoms. The molecule has 1 atom stereocenters. The molecule has 2 N–H and O–H groups in total. The highest BCUT2D eigenvalue weighted by molar-refractivity contribution is 7.91. The van der Waals surface area contributed by atoms with Gasteiger partial charge < -0.3 is 10.6 Å². The van der Waals surface area contributed by atoms with Gasteiger partial charge in [-0.15, -0.1) is 5.10 Å². The van der Waals surface area contributed by atoms with E-state index in [2.05, 4.69) is 25.8 Å². The number of sulfone groups is 1. The van der Waals surface area contributed by atoms with Crippen molar-refractivity contribution < 1.29 is 8.42 Å². The zero-order valence-electron chi connectivity index (χ0n) is 9.83. The molecule has 1 aromatic heterocycles. The van der Waals surface area contributed by atoms with E-state index in [1.54, 1.807) is 6.20 Å². The van der Waals surface area contributed by atoms with Gasteiger partial charge in [-0.3, -0.25) is 0 Å². The first kappa shape index (κ1) is 11.6. The number of hydrogen-bond acceptors (Lipinski definition) is 7. The number of nitrogens with zero attached hydrogens (tertiary/aromatic N) is 3. The molecule has 0 bridgehead atoms. The maximum absolute atomic E-state index is 11.3. The minimum absolute atomic E-state index is 0.104. The molecule has 8 heteroatoms. The smallest absolute Gasteiger partial charge is 0.244 e. The molecular weight excluding hydrogens is 254 g/mol. The van der Waals surface area contributed by atoms with Gasteiger partial charge in [-0.2, -0.15) is 10.1 Å². The number of nitrogens with one attached hydrogen (secondary N) is 2. The van der Waals surface area contributed by atoms with Crippen LogP contribution in [0.2, 0.25) is 0 Å². The number of hydrogen-bond donors (Lipinski definition) is 2. The highest BCUT2D eigenvalue weighted by atomic mass is 32.2. The molecule has 2 aliphatic rings. The minimum atomic E-state index is -2.89. The molecule has 3 rings (SSSR count). The highest BCUT2D eigenvalue weighted by Gasteiger charge is 2.28. The molecule has 0 spiro atoms. The zero-order valence-corrected chi connectivity index (χ0v) is 10.7. The summed E-state index contributed by atoms with van der Waals surface area (Å²) in [6.45, 7) is 0. The highest BCUT2D eigenvalue weighted by Crippen LogP contribution is 2.23. The maximum Gasteiger partial charge on any atom is 0.244 e. The third-order valence-electron chi connectivity index (χ3n) is 3.05. The molecule has 1 aliphatic carbocycles. The summed E-state index contributed by atoms with van der Waals surface area (Å²) < 4.78 is 22.7. The van der Waals surface area contributed by atoms with E-state index in [4.69, 9.17) is 0 Å². The first-order valence-corrected chi connectivity index (χ1v) is 7.86. The SMILES string of the molecule is O=S1(=O)CCC(Nc2nncc(NC3CC3)n2)C1. The van der Waals surface area contributed by atoms with Crippen LogP contribution >= 0.6 is 0 Å². The van der Waals surface area contributed by atoms with E-state index in [9.17, 15) is 8.42 Å². The molecule has 1 aromatic rings. The summed E-state index contributed by atoms with van der Waals surface area (Å²) in [6, 6.07) is 0.398. The summed E-state index contributed by atoms with van der Waals surface area (Å²) in [6.07, 6.45) is 4.50. The molecule has 1 aliphatic heterocycles.